The molecule has 0 aliphatic heterocycles. The zero-order chi connectivity index (χ0) is 12.4. The van der Waals surface area contributed by atoms with Crippen molar-refractivity contribution in [1.29, 1.82) is 0 Å². The zero-order valence-corrected chi connectivity index (χ0v) is 10.2. The molecule has 0 saturated heterocycles. The highest BCUT2D eigenvalue weighted by atomic mass is 32.3. The van der Waals surface area contributed by atoms with Crippen LogP contribution in [0, 0.1) is 0 Å². The second-order valence-electron chi connectivity index (χ2n) is 3.25. The lowest BCUT2D eigenvalue weighted by molar-refractivity contribution is 0.440. The molecule has 5 nitrogen and oxygen atoms in total. The van der Waals surface area contributed by atoms with Crippen molar-refractivity contribution in [2.45, 2.75) is 0 Å². The molecule has 90 valence electrons. The Kier molecular flexibility index (Phi) is 3.54. The van der Waals surface area contributed by atoms with E-state index in [4.69, 9.17) is 0 Å². The van der Waals surface area contributed by atoms with Gasteiger partial charge in [-0.2, -0.15) is 12.8 Å². The number of rotatable bonds is 3. The maximum absolute atomic E-state index is 12.2. The van der Waals surface area contributed by atoms with Crippen molar-refractivity contribution in [3.8, 4) is 5.75 Å². The maximum Gasteiger partial charge on any atom is 0.488 e. The predicted octanol–water partition coefficient (Wildman–Crippen LogP) is 1.64. The number of hydrogen-bond donors (Lipinski definition) is 0. The first-order valence-electron chi connectivity index (χ1n) is 4.07. The van der Waals surface area contributed by atoms with Crippen molar-refractivity contribution in [3.05, 3.63) is 24.3 Å². The van der Waals surface area contributed by atoms with Gasteiger partial charge in [0.1, 0.15) is 5.75 Å². The second-order valence-corrected chi connectivity index (χ2v) is 6.74. The Morgan fingerprint density at radius 2 is 1.88 bits per heavy atom. The summed E-state index contributed by atoms with van der Waals surface area (Å²) in [6.45, 7) is 0. The summed E-state index contributed by atoms with van der Waals surface area (Å²) in [5, 5.41) is 0. The standard InChI is InChI=1S/C8H10FNO4S2/c1-15(2,11)10-7-4-3-5-8(6-7)14-16(9,12)13/h3-6H,1-2H3. The fraction of sp³-hybridized carbons (Fsp3) is 0.250. The summed E-state index contributed by atoms with van der Waals surface area (Å²) in [6, 6.07) is 5.36. The van der Waals surface area contributed by atoms with E-state index in [1.807, 2.05) is 0 Å². The van der Waals surface area contributed by atoms with Crippen molar-refractivity contribution in [1.82, 2.24) is 0 Å². The van der Waals surface area contributed by atoms with E-state index in [0.29, 0.717) is 0 Å². The minimum Gasteiger partial charge on any atom is -0.358 e. The van der Waals surface area contributed by atoms with Crippen LogP contribution in [0.2, 0.25) is 0 Å². The minimum absolute atomic E-state index is 0.215. The molecule has 0 heterocycles. The normalized spacial score (nSPS) is 12.2. The van der Waals surface area contributed by atoms with Crippen LogP contribution in [0.1, 0.15) is 0 Å². The highest BCUT2D eigenvalue weighted by Crippen LogP contribution is 2.22. The first-order chi connectivity index (χ1) is 7.16. The Morgan fingerprint density at radius 3 is 2.38 bits per heavy atom. The van der Waals surface area contributed by atoms with Crippen LogP contribution >= 0.6 is 0 Å². The topological polar surface area (TPSA) is 72.8 Å². The van der Waals surface area contributed by atoms with Crippen LogP contribution in [0.3, 0.4) is 0 Å². The number of halogens is 1. The van der Waals surface area contributed by atoms with Gasteiger partial charge in [0.15, 0.2) is 0 Å². The van der Waals surface area contributed by atoms with Crippen molar-refractivity contribution in [2.24, 2.45) is 4.36 Å². The lowest BCUT2D eigenvalue weighted by atomic mass is 10.3. The monoisotopic (exact) mass is 267 g/mol. The van der Waals surface area contributed by atoms with Crippen molar-refractivity contribution >= 4 is 25.9 Å². The van der Waals surface area contributed by atoms with Gasteiger partial charge < -0.3 is 4.18 Å². The van der Waals surface area contributed by atoms with Gasteiger partial charge in [-0.3, -0.25) is 0 Å². The minimum atomic E-state index is -5.05. The summed E-state index contributed by atoms with van der Waals surface area (Å²) < 4.78 is 51.8. The molecule has 0 amide bonds. The average molecular weight is 267 g/mol. The fourth-order valence-electron chi connectivity index (χ4n) is 0.961. The molecule has 16 heavy (non-hydrogen) atoms. The third kappa shape index (κ3) is 5.08. The summed E-state index contributed by atoms with van der Waals surface area (Å²) in [7, 11) is -7.41. The molecule has 8 heteroatoms. The molecule has 0 N–H and O–H groups in total. The molecular formula is C8H10FNO4S2. The van der Waals surface area contributed by atoms with Gasteiger partial charge in [0.2, 0.25) is 0 Å². The van der Waals surface area contributed by atoms with E-state index in [0.717, 1.165) is 0 Å². The summed E-state index contributed by atoms with van der Waals surface area (Å²) in [5.41, 5.74) is 0.260. The molecule has 0 radical (unpaired) electrons. The van der Waals surface area contributed by atoms with Crippen molar-refractivity contribution in [3.63, 3.8) is 0 Å². The lowest BCUT2D eigenvalue weighted by Crippen LogP contribution is -2.00. The molecule has 0 saturated carbocycles. The third-order valence-electron chi connectivity index (χ3n) is 1.34. The summed E-state index contributed by atoms with van der Waals surface area (Å²) in [5.74, 6) is -0.215. The number of nitrogens with zero attached hydrogens (tertiary/aromatic N) is 1. The highest BCUT2D eigenvalue weighted by Gasteiger charge is 2.09. The Morgan fingerprint density at radius 1 is 1.25 bits per heavy atom. The number of benzene rings is 1. The van der Waals surface area contributed by atoms with Crippen LogP contribution in [0.25, 0.3) is 0 Å². The molecule has 1 rings (SSSR count). The van der Waals surface area contributed by atoms with E-state index in [2.05, 4.69) is 8.55 Å². The van der Waals surface area contributed by atoms with Crippen LogP contribution in [0.4, 0.5) is 9.57 Å². The van der Waals surface area contributed by atoms with Crippen LogP contribution in [-0.2, 0) is 20.2 Å². The molecule has 1 aromatic rings. The SMILES string of the molecule is CS(C)(=O)=Nc1cccc(OS(=O)(=O)F)c1. The predicted molar refractivity (Wildman–Crippen MR) is 59.2 cm³/mol. The Hall–Kier alpha value is -1.15. The van der Waals surface area contributed by atoms with Gasteiger partial charge in [-0.25, -0.2) is 4.21 Å². The van der Waals surface area contributed by atoms with Crippen LogP contribution in [0.5, 0.6) is 5.75 Å². The zero-order valence-electron chi connectivity index (χ0n) is 8.58. The van der Waals surface area contributed by atoms with Crippen LogP contribution in [-0.4, -0.2) is 25.1 Å². The summed E-state index contributed by atoms with van der Waals surface area (Å²) in [6.07, 6.45) is 2.85. The Labute approximate surface area is 93.8 Å². The van der Waals surface area contributed by atoms with E-state index < -0.39 is 20.2 Å². The van der Waals surface area contributed by atoms with Gasteiger partial charge in [0.05, 0.1) is 5.69 Å². The van der Waals surface area contributed by atoms with Crippen molar-refractivity contribution in [2.75, 3.05) is 12.5 Å². The van der Waals surface area contributed by atoms with Gasteiger partial charge in [0.25, 0.3) is 0 Å². The molecule has 0 fully saturated rings. The van der Waals surface area contributed by atoms with Crippen LogP contribution in [0.15, 0.2) is 28.6 Å². The molecule has 0 bridgehead atoms. The molecule has 0 aliphatic carbocycles. The van der Waals surface area contributed by atoms with E-state index in [1.165, 1.54) is 36.8 Å². The van der Waals surface area contributed by atoms with Crippen molar-refractivity contribution < 1.29 is 20.7 Å². The second kappa shape index (κ2) is 4.38. The van der Waals surface area contributed by atoms with Crippen LogP contribution < -0.4 is 4.18 Å². The van der Waals surface area contributed by atoms with E-state index in [1.54, 1.807) is 0 Å². The lowest BCUT2D eigenvalue weighted by Gasteiger charge is -2.01. The van der Waals surface area contributed by atoms with Gasteiger partial charge >= 0.3 is 10.5 Å². The molecule has 0 spiro atoms. The average Bonchev–Trinajstić information content (AvgIpc) is 1.96. The largest absolute Gasteiger partial charge is 0.488 e. The molecule has 1 aromatic carbocycles. The summed E-state index contributed by atoms with van der Waals surface area (Å²) in [4.78, 5) is 0. The Bertz CT molecular complexity index is 594. The fourth-order valence-corrected chi connectivity index (χ4v) is 1.92. The van der Waals surface area contributed by atoms with Gasteiger partial charge in [0, 0.05) is 28.3 Å². The first-order valence-corrected chi connectivity index (χ1v) is 7.71. The summed E-state index contributed by atoms with van der Waals surface area (Å²) >= 11 is 0. The number of hydrogen-bond acceptors (Lipinski definition) is 5. The smallest absolute Gasteiger partial charge is 0.358 e. The highest BCUT2D eigenvalue weighted by molar-refractivity contribution is 7.92. The molecule has 0 aliphatic rings. The van der Waals surface area contributed by atoms with Gasteiger partial charge in [-0.05, 0) is 12.1 Å². The molecule has 0 atom stereocenters. The molecular weight excluding hydrogens is 257 g/mol. The van der Waals surface area contributed by atoms with E-state index >= 15 is 0 Å². The molecule has 0 unspecified atom stereocenters. The maximum atomic E-state index is 12.2. The van der Waals surface area contributed by atoms with E-state index in [9.17, 15) is 16.5 Å². The van der Waals surface area contributed by atoms with Gasteiger partial charge in [-0.15, -0.1) is 0 Å². The van der Waals surface area contributed by atoms with Gasteiger partial charge in [-0.1, -0.05) is 9.95 Å². The quantitative estimate of drug-likeness (QED) is 0.780. The van der Waals surface area contributed by atoms with E-state index in [-0.39, 0.29) is 11.4 Å². The third-order valence-corrected chi connectivity index (χ3v) is 2.38. The molecule has 0 aromatic heterocycles. The Balaban J connectivity index is 3.11. The first kappa shape index (κ1) is 12.9.